The van der Waals surface area contributed by atoms with Gasteiger partial charge in [0.1, 0.15) is 5.75 Å². The molecule has 0 radical (unpaired) electrons. The summed E-state index contributed by atoms with van der Waals surface area (Å²) in [4.78, 5) is 19.5. The number of carbonyl (C=O) groups is 1. The molecule has 0 saturated carbocycles. The van der Waals surface area contributed by atoms with Gasteiger partial charge >= 0.3 is 0 Å². The zero-order valence-corrected chi connectivity index (χ0v) is 16.8. The number of amides is 1. The molecule has 0 aromatic heterocycles. The van der Waals surface area contributed by atoms with Gasteiger partial charge in [-0.25, -0.2) is 4.99 Å². The van der Waals surface area contributed by atoms with Gasteiger partial charge in [0.15, 0.2) is 5.17 Å². The fourth-order valence-electron chi connectivity index (χ4n) is 2.56. The average molecular weight is 381 g/mol. The van der Waals surface area contributed by atoms with Crippen LogP contribution in [0.5, 0.6) is 5.75 Å². The number of unbranched alkanes of at least 4 members (excludes halogenated alkanes) is 1. The van der Waals surface area contributed by atoms with E-state index in [0.29, 0.717) is 16.7 Å². The zero-order chi connectivity index (χ0) is 19.2. The number of ether oxygens (including phenoxy) is 1. The Bertz CT molecular complexity index is 872. The maximum Gasteiger partial charge on any atom is 0.266 e. The Kier molecular flexibility index (Phi) is 6.35. The topological polar surface area (TPSA) is 41.9 Å². The molecule has 1 aliphatic heterocycles. The normalized spacial score (nSPS) is 17.1. The number of amidine groups is 1. The highest BCUT2D eigenvalue weighted by Gasteiger charge is 2.30. The lowest BCUT2D eigenvalue weighted by molar-refractivity contribution is -0.121. The number of hydrogen-bond acceptors (Lipinski definition) is 4. The van der Waals surface area contributed by atoms with E-state index < -0.39 is 0 Å². The van der Waals surface area contributed by atoms with Gasteiger partial charge in [-0.2, -0.15) is 0 Å². The van der Waals surface area contributed by atoms with Crippen molar-refractivity contribution in [2.75, 3.05) is 13.7 Å². The van der Waals surface area contributed by atoms with Gasteiger partial charge in [0.2, 0.25) is 0 Å². The Hall–Kier alpha value is -2.53. The van der Waals surface area contributed by atoms with Crippen molar-refractivity contribution in [3.05, 3.63) is 64.6 Å². The molecular formula is C22H24N2O2S. The summed E-state index contributed by atoms with van der Waals surface area (Å²) < 4.78 is 5.75. The molecule has 140 valence electrons. The van der Waals surface area contributed by atoms with Gasteiger partial charge in [0, 0.05) is 7.05 Å². The number of aryl methyl sites for hydroxylation is 1. The molecule has 2 aromatic rings. The lowest BCUT2D eigenvalue weighted by atomic mass is 10.2. The summed E-state index contributed by atoms with van der Waals surface area (Å²) >= 11 is 1.39. The van der Waals surface area contributed by atoms with Crippen LogP contribution in [0.4, 0.5) is 5.69 Å². The molecule has 1 saturated heterocycles. The quantitative estimate of drug-likeness (QED) is 0.497. The van der Waals surface area contributed by atoms with E-state index in [-0.39, 0.29) is 5.91 Å². The van der Waals surface area contributed by atoms with Crippen molar-refractivity contribution in [1.82, 2.24) is 4.90 Å². The van der Waals surface area contributed by atoms with E-state index in [2.05, 4.69) is 11.9 Å². The first-order valence-corrected chi connectivity index (χ1v) is 9.94. The van der Waals surface area contributed by atoms with Crippen LogP contribution in [0, 0.1) is 6.92 Å². The molecule has 0 bridgehead atoms. The van der Waals surface area contributed by atoms with Crippen LogP contribution in [-0.4, -0.2) is 29.6 Å². The van der Waals surface area contributed by atoms with E-state index in [1.54, 1.807) is 11.9 Å². The van der Waals surface area contributed by atoms with Crippen LogP contribution < -0.4 is 4.74 Å². The van der Waals surface area contributed by atoms with E-state index in [4.69, 9.17) is 4.74 Å². The van der Waals surface area contributed by atoms with E-state index in [1.165, 1.54) is 17.3 Å². The van der Waals surface area contributed by atoms with E-state index in [9.17, 15) is 4.79 Å². The van der Waals surface area contributed by atoms with Gasteiger partial charge in [0.05, 0.1) is 17.2 Å². The van der Waals surface area contributed by atoms with Crippen molar-refractivity contribution in [3.63, 3.8) is 0 Å². The third-order valence-electron chi connectivity index (χ3n) is 4.18. The summed E-state index contributed by atoms with van der Waals surface area (Å²) in [5.41, 5.74) is 2.98. The molecule has 1 heterocycles. The number of benzene rings is 2. The van der Waals surface area contributed by atoms with Gasteiger partial charge in [-0.1, -0.05) is 43.2 Å². The Morgan fingerprint density at radius 3 is 2.70 bits per heavy atom. The van der Waals surface area contributed by atoms with Crippen LogP contribution in [0.3, 0.4) is 0 Å². The van der Waals surface area contributed by atoms with Gasteiger partial charge in [0.25, 0.3) is 5.91 Å². The number of rotatable bonds is 6. The standard InChI is InChI=1S/C22H24N2O2S/c1-4-5-13-26-19-8-6-7-17(14-19)15-20-21(25)24(3)22(27-20)23-18-11-9-16(2)10-12-18/h6-12,14-15H,4-5,13H2,1-3H3/b20-15+,23-22?. The first-order valence-electron chi connectivity index (χ1n) is 9.12. The minimum absolute atomic E-state index is 0.0387. The molecule has 0 aliphatic carbocycles. The summed E-state index contributed by atoms with van der Waals surface area (Å²) in [5.74, 6) is 0.790. The van der Waals surface area contributed by atoms with Crippen LogP contribution in [0.1, 0.15) is 30.9 Å². The molecule has 0 spiro atoms. The lowest BCUT2D eigenvalue weighted by Gasteiger charge is -2.07. The van der Waals surface area contributed by atoms with Gasteiger partial charge in [-0.05, 0) is 61.0 Å². The van der Waals surface area contributed by atoms with Crippen molar-refractivity contribution in [3.8, 4) is 5.75 Å². The Morgan fingerprint density at radius 2 is 1.96 bits per heavy atom. The average Bonchev–Trinajstić information content (AvgIpc) is 2.92. The summed E-state index contributed by atoms with van der Waals surface area (Å²) in [7, 11) is 1.76. The van der Waals surface area contributed by atoms with E-state index in [0.717, 1.165) is 29.8 Å². The number of likely N-dealkylation sites (N-methyl/N-ethyl adjacent to an activating group) is 1. The highest BCUT2D eigenvalue weighted by Crippen LogP contribution is 2.33. The highest BCUT2D eigenvalue weighted by molar-refractivity contribution is 8.18. The van der Waals surface area contributed by atoms with Crippen LogP contribution in [0.15, 0.2) is 58.4 Å². The van der Waals surface area contributed by atoms with Crippen LogP contribution >= 0.6 is 11.8 Å². The molecule has 5 heteroatoms. The molecule has 27 heavy (non-hydrogen) atoms. The van der Waals surface area contributed by atoms with Crippen molar-refractivity contribution in [2.24, 2.45) is 4.99 Å². The molecule has 1 fully saturated rings. The fraction of sp³-hybridized carbons (Fsp3) is 0.273. The molecular weight excluding hydrogens is 356 g/mol. The second kappa shape index (κ2) is 8.91. The molecule has 1 aliphatic rings. The Balaban J connectivity index is 1.78. The van der Waals surface area contributed by atoms with Gasteiger partial charge in [-0.15, -0.1) is 0 Å². The number of thioether (sulfide) groups is 1. The summed E-state index contributed by atoms with van der Waals surface area (Å²) in [6.45, 7) is 4.89. The summed E-state index contributed by atoms with van der Waals surface area (Å²) in [5, 5.41) is 0.686. The maximum atomic E-state index is 12.6. The van der Waals surface area contributed by atoms with Gasteiger partial charge in [-0.3, -0.25) is 9.69 Å². The highest BCUT2D eigenvalue weighted by atomic mass is 32.2. The number of nitrogens with zero attached hydrogens (tertiary/aromatic N) is 2. The molecule has 0 unspecified atom stereocenters. The monoisotopic (exact) mass is 380 g/mol. The number of hydrogen-bond donors (Lipinski definition) is 0. The van der Waals surface area contributed by atoms with E-state index in [1.807, 2.05) is 61.5 Å². The van der Waals surface area contributed by atoms with Crippen molar-refractivity contribution < 1.29 is 9.53 Å². The molecule has 0 atom stereocenters. The number of aliphatic imine (C=N–C) groups is 1. The predicted octanol–water partition coefficient (Wildman–Crippen LogP) is 5.41. The zero-order valence-electron chi connectivity index (χ0n) is 15.9. The number of carbonyl (C=O) groups excluding carboxylic acids is 1. The summed E-state index contributed by atoms with van der Waals surface area (Å²) in [6, 6.07) is 15.8. The smallest absolute Gasteiger partial charge is 0.266 e. The maximum absolute atomic E-state index is 12.6. The van der Waals surface area contributed by atoms with Crippen molar-refractivity contribution in [1.29, 1.82) is 0 Å². The molecule has 3 rings (SSSR count). The first-order chi connectivity index (χ1) is 13.1. The third-order valence-corrected chi connectivity index (χ3v) is 5.24. The second-order valence-electron chi connectivity index (χ2n) is 6.48. The summed E-state index contributed by atoms with van der Waals surface area (Å²) in [6.07, 6.45) is 4.03. The molecule has 1 amide bonds. The molecule has 0 N–H and O–H groups in total. The van der Waals surface area contributed by atoms with E-state index >= 15 is 0 Å². The Labute approximate surface area is 164 Å². The van der Waals surface area contributed by atoms with Crippen LogP contribution in [0.25, 0.3) is 6.08 Å². The minimum Gasteiger partial charge on any atom is -0.494 e. The molecule has 4 nitrogen and oxygen atoms in total. The van der Waals surface area contributed by atoms with Crippen LogP contribution in [-0.2, 0) is 4.79 Å². The fourth-order valence-corrected chi connectivity index (χ4v) is 3.55. The first kappa shape index (κ1) is 19.2. The van der Waals surface area contributed by atoms with Gasteiger partial charge < -0.3 is 4.74 Å². The molecule has 2 aromatic carbocycles. The van der Waals surface area contributed by atoms with Crippen LogP contribution in [0.2, 0.25) is 0 Å². The van der Waals surface area contributed by atoms with Crippen molar-refractivity contribution in [2.45, 2.75) is 26.7 Å². The predicted molar refractivity (Wildman–Crippen MR) is 113 cm³/mol. The lowest BCUT2D eigenvalue weighted by Crippen LogP contribution is -2.23. The largest absolute Gasteiger partial charge is 0.494 e. The Morgan fingerprint density at radius 1 is 1.19 bits per heavy atom. The second-order valence-corrected chi connectivity index (χ2v) is 7.49. The van der Waals surface area contributed by atoms with Crippen molar-refractivity contribution >= 4 is 34.6 Å². The third kappa shape index (κ3) is 5.01. The SMILES string of the molecule is CCCCOc1cccc(/C=C2/SC(=Nc3ccc(C)cc3)N(C)C2=O)c1. The minimum atomic E-state index is -0.0387.